The zero-order valence-electron chi connectivity index (χ0n) is 9.07. The van der Waals surface area contributed by atoms with Crippen molar-refractivity contribution in [2.24, 2.45) is 0 Å². The first-order valence-electron chi connectivity index (χ1n) is 4.95. The number of hydrogen-bond donors (Lipinski definition) is 2. The molecule has 0 spiro atoms. The van der Waals surface area contributed by atoms with Crippen molar-refractivity contribution in [3.63, 3.8) is 0 Å². The number of rotatable bonds is 4. The fourth-order valence-corrected chi connectivity index (χ4v) is 2.03. The Morgan fingerprint density at radius 1 is 1.53 bits per heavy atom. The highest BCUT2D eigenvalue weighted by Crippen LogP contribution is 2.27. The molecule has 1 atom stereocenters. The molecule has 15 heavy (non-hydrogen) atoms. The molecular formula is C11H17BrN2O. The molecule has 0 heterocycles. The molecule has 4 heteroatoms. The van der Waals surface area contributed by atoms with Gasteiger partial charge in [0.25, 0.3) is 0 Å². The number of nitrogen functional groups attached to an aromatic ring is 1. The Labute approximate surface area is 99.0 Å². The van der Waals surface area contributed by atoms with E-state index in [2.05, 4.69) is 20.8 Å². The molecule has 1 aromatic carbocycles. The summed E-state index contributed by atoms with van der Waals surface area (Å²) in [7, 11) is 2.00. The summed E-state index contributed by atoms with van der Waals surface area (Å²) < 4.78 is 0.982. The van der Waals surface area contributed by atoms with E-state index in [1.807, 2.05) is 25.2 Å². The topological polar surface area (TPSA) is 49.5 Å². The molecular weight excluding hydrogens is 256 g/mol. The number of aliphatic hydroxyl groups excluding tert-OH is 1. The molecule has 1 rings (SSSR count). The second-order valence-electron chi connectivity index (χ2n) is 3.77. The fourth-order valence-electron chi connectivity index (χ4n) is 1.33. The molecule has 1 unspecified atom stereocenters. The van der Waals surface area contributed by atoms with E-state index in [1.165, 1.54) is 0 Å². The maximum atomic E-state index is 9.20. The molecule has 3 N–H and O–H groups in total. The normalized spacial score (nSPS) is 12.5. The summed E-state index contributed by atoms with van der Waals surface area (Å²) in [5.74, 6) is 0. The van der Waals surface area contributed by atoms with E-state index in [4.69, 9.17) is 5.73 Å². The number of nitrogens with two attached hydrogens (primary N) is 1. The van der Waals surface area contributed by atoms with Gasteiger partial charge in [0.05, 0.1) is 11.8 Å². The van der Waals surface area contributed by atoms with E-state index in [0.29, 0.717) is 0 Å². The van der Waals surface area contributed by atoms with E-state index >= 15 is 0 Å². The van der Waals surface area contributed by atoms with Gasteiger partial charge in [-0.2, -0.15) is 0 Å². The molecule has 0 aliphatic heterocycles. The predicted octanol–water partition coefficient (Wildman–Crippen LogP) is 2.24. The van der Waals surface area contributed by atoms with Gasteiger partial charge in [-0.3, -0.25) is 0 Å². The van der Waals surface area contributed by atoms with Gasteiger partial charge in [0, 0.05) is 23.8 Å². The van der Waals surface area contributed by atoms with Crippen LogP contribution in [0.1, 0.15) is 13.3 Å². The second kappa shape index (κ2) is 5.37. The van der Waals surface area contributed by atoms with E-state index in [-0.39, 0.29) is 6.10 Å². The quantitative estimate of drug-likeness (QED) is 0.827. The van der Waals surface area contributed by atoms with Crippen LogP contribution in [0.2, 0.25) is 0 Å². The van der Waals surface area contributed by atoms with Crippen molar-refractivity contribution in [3.05, 3.63) is 22.7 Å². The molecule has 0 amide bonds. The third-order valence-corrected chi connectivity index (χ3v) is 2.90. The van der Waals surface area contributed by atoms with Gasteiger partial charge in [-0.15, -0.1) is 0 Å². The Hall–Kier alpha value is -0.740. The van der Waals surface area contributed by atoms with Crippen molar-refractivity contribution in [2.45, 2.75) is 19.4 Å². The van der Waals surface area contributed by atoms with Gasteiger partial charge in [0.1, 0.15) is 0 Å². The Balaban J connectivity index is 2.69. The summed E-state index contributed by atoms with van der Waals surface area (Å²) in [5.41, 5.74) is 7.49. The van der Waals surface area contributed by atoms with Gasteiger partial charge >= 0.3 is 0 Å². The first kappa shape index (κ1) is 12.3. The van der Waals surface area contributed by atoms with Gasteiger partial charge in [-0.25, -0.2) is 0 Å². The lowest BCUT2D eigenvalue weighted by molar-refractivity contribution is 0.187. The summed E-state index contributed by atoms with van der Waals surface area (Å²) in [5, 5.41) is 9.20. The van der Waals surface area contributed by atoms with E-state index in [1.54, 1.807) is 6.92 Å². The van der Waals surface area contributed by atoms with Crippen molar-refractivity contribution < 1.29 is 5.11 Å². The Kier molecular flexibility index (Phi) is 4.42. The van der Waals surface area contributed by atoms with Crippen molar-refractivity contribution in [2.75, 3.05) is 24.2 Å². The Morgan fingerprint density at radius 2 is 2.20 bits per heavy atom. The minimum absolute atomic E-state index is 0.264. The van der Waals surface area contributed by atoms with Crippen molar-refractivity contribution in [1.82, 2.24) is 0 Å². The Bertz CT molecular complexity index is 328. The van der Waals surface area contributed by atoms with Crippen molar-refractivity contribution in [3.8, 4) is 0 Å². The van der Waals surface area contributed by atoms with Gasteiger partial charge in [-0.1, -0.05) is 0 Å². The monoisotopic (exact) mass is 272 g/mol. The van der Waals surface area contributed by atoms with E-state index < -0.39 is 0 Å². The largest absolute Gasteiger partial charge is 0.399 e. The molecule has 0 bridgehead atoms. The van der Waals surface area contributed by atoms with Crippen LogP contribution < -0.4 is 10.6 Å². The summed E-state index contributed by atoms with van der Waals surface area (Å²) in [6, 6.07) is 5.73. The smallest absolute Gasteiger partial charge is 0.0528 e. The predicted molar refractivity (Wildman–Crippen MR) is 68.1 cm³/mol. The lowest BCUT2D eigenvalue weighted by Crippen LogP contribution is -2.22. The van der Waals surface area contributed by atoms with Gasteiger partial charge in [-0.05, 0) is 47.5 Å². The highest BCUT2D eigenvalue weighted by molar-refractivity contribution is 9.10. The van der Waals surface area contributed by atoms with Crippen LogP contribution in [0, 0.1) is 0 Å². The minimum Gasteiger partial charge on any atom is -0.399 e. The van der Waals surface area contributed by atoms with Crippen LogP contribution in [0.5, 0.6) is 0 Å². The summed E-state index contributed by atoms with van der Waals surface area (Å²) >= 11 is 3.47. The zero-order valence-corrected chi connectivity index (χ0v) is 10.7. The molecule has 3 nitrogen and oxygen atoms in total. The second-order valence-corrected chi connectivity index (χ2v) is 4.62. The lowest BCUT2D eigenvalue weighted by atomic mass is 10.2. The standard InChI is InChI=1S/C11H17BrN2O/c1-8(15)5-6-14(2)11-4-3-9(13)7-10(11)12/h3-4,7-8,15H,5-6,13H2,1-2H3. The minimum atomic E-state index is -0.264. The van der Waals surface area contributed by atoms with Crippen LogP contribution in [-0.2, 0) is 0 Å². The zero-order chi connectivity index (χ0) is 11.4. The molecule has 0 saturated heterocycles. The molecule has 0 aliphatic rings. The number of halogens is 1. The molecule has 0 aromatic heterocycles. The summed E-state index contributed by atoms with van der Waals surface area (Å²) in [6.45, 7) is 2.62. The summed E-state index contributed by atoms with van der Waals surface area (Å²) in [6.07, 6.45) is 0.493. The van der Waals surface area contributed by atoms with Crippen molar-refractivity contribution >= 4 is 27.3 Å². The van der Waals surface area contributed by atoms with Crippen LogP contribution in [0.4, 0.5) is 11.4 Å². The van der Waals surface area contributed by atoms with E-state index in [0.717, 1.165) is 28.8 Å². The SMILES string of the molecule is CC(O)CCN(C)c1ccc(N)cc1Br. The third kappa shape index (κ3) is 3.72. The number of nitrogens with zero attached hydrogens (tertiary/aromatic N) is 1. The summed E-state index contributed by atoms with van der Waals surface area (Å²) in [4.78, 5) is 2.09. The van der Waals surface area contributed by atoms with Crippen LogP contribution in [0.15, 0.2) is 22.7 Å². The highest BCUT2D eigenvalue weighted by Gasteiger charge is 2.06. The Morgan fingerprint density at radius 3 is 2.73 bits per heavy atom. The highest BCUT2D eigenvalue weighted by atomic mass is 79.9. The van der Waals surface area contributed by atoms with E-state index in [9.17, 15) is 5.11 Å². The average molecular weight is 273 g/mol. The first-order valence-corrected chi connectivity index (χ1v) is 5.74. The molecule has 0 fully saturated rings. The first-order chi connectivity index (χ1) is 7.00. The molecule has 0 saturated carbocycles. The average Bonchev–Trinajstić information content (AvgIpc) is 2.14. The molecule has 0 aliphatic carbocycles. The third-order valence-electron chi connectivity index (χ3n) is 2.27. The molecule has 1 aromatic rings. The lowest BCUT2D eigenvalue weighted by Gasteiger charge is -2.21. The number of hydrogen-bond acceptors (Lipinski definition) is 3. The van der Waals surface area contributed by atoms with Crippen LogP contribution in [-0.4, -0.2) is 24.8 Å². The van der Waals surface area contributed by atoms with Gasteiger partial charge < -0.3 is 15.7 Å². The molecule has 0 radical (unpaired) electrons. The van der Waals surface area contributed by atoms with Gasteiger partial charge in [0.2, 0.25) is 0 Å². The molecule has 84 valence electrons. The maximum Gasteiger partial charge on any atom is 0.0528 e. The number of aliphatic hydroxyl groups is 1. The fraction of sp³-hybridized carbons (Fsp3) is 0.455. The maximum absolute atomic E-state index is 9.20. The van der Waals surface area contributed by atoms with Crippen LogP contribution in [0.25, 0.3) is 0 Å². The number of benzene rings is 1. The van der Waals surface area contributed by atoms with Crippen LogP contribution in [0.3, 0.4) is 0 Å². The number of anilines is 2. The van der Waals surface area contributed by atoms with Gasteiger partial charge in [0.15, 0.2) is 0 Å². The van der Waals surface area contributed by atoms with Crippen LogP contribution >= 0.6 is 15.9 Å². The van der Waals surface area contributed by atoms with Crippen molar-refractivity contribution in [1.29, 1.82) is 0 Å².